The van der Waals surface area contributed by atoms with E-state index in [0.717, 1.165) is 19.3 Å². The lowest BCUT2D eigenvalue weighted by Crippen LogP contribution is -2.51. The molecule has 0 fully saturated rings. The molecule has 0 saturated heterocycles. The molecular weight excluding hydrogens is 398 g/mol. The highest BCUT2D eigenvalue weighted by Gasteiger charge is 2.41. The van der Waals surface area contributed by atoms with Gasteiger partial charge in [-0.05, 0) is 60.5 Å². The summed E-state index contributed by atoms with van der Waals surface area (Å²) < 4.78 is 17.3. The first-order valence-corrected chi connectivity index (χ1v) is 10.0. The van der Waals surface area contributed by atoms with Crippen LogP contribution < -0.4 is 19.9 Å². The zero-order valence-corrected chi connectivity index (χ0v) is 17.1. The van der Waals surface area contributed by atoms with Crippen LogP contribution in [0.3, 0.4) is 0 Å². The number of carbonyl (C=O) groups excluding carboxylic acids is 1. The first kappa shape index (κ1) is 20.5. The van der Waals surface area contributed by atoms with Crippen molar-refractivity contribution in [2.24, 2.45) is 5.73 Å². The molecule has 0 radical (unpaired) electrons. The summed E-state index contributed by atoms with van der Waals surface area (Å²) in [5.41, 5.74) is 5.62. The number of tetrazole rings is 1. The van der Waals surface area contributed by atoms with E-state index in [1.54, 1.807) is 48.7 Å². The Morgan fingerprint density at radius 1 is 1.29 bits per heavy atom. The van der Waals surface area contributed by atoms with Gasteiger partial charge in [0.25, 0.3) is 5.72 Å². The molecule has 160 valence electrons. The summed E-state index contributed by atoms with van der Waals surface area (Å²) in [6.45, 7) is 2.12. The number of nitrogens with two attached hydrogens (primary N) is 1. The predicted octanol–water partition coefficient (Wildman–Crippen LogP) is 3.10. The van der Waals surface area contributed by atoms with Crippen molar-refractivity contribution in [2.75, 3.05) is 6.61 Å². The van der Waals surface area contributed by atoms with E-state index in [9.17, 15) is 4.79 Å². The summed E-state index contributed by atoms with van der Waals surface area (Å²) in [6, 6.07) is 12.0. The van der Waals surface area contributed by atoms with E-state index in [1.807, 2.05) is 6.08 Å². The molecule has 4 rings (SSSR count). The van der Waals surface area contributed by atoms with Crippen LogP contribution in [0.25, 0.3) is 0 Å². The van der Waals surface area contributed by atoms with Crippen molar-refractivity contribution in [2.45, 2.75) is 31.9 Å². The van der Waals surface area contributed by atoms with Gasteiger partial charge in [-0.25, -0.2) is 0 Å². The van der Waals surface area contributed by atoms with Crippen LogP contribution >= 0.6 is 0 Å². The number of unbranched alkanes of at least 4 members (excludes halogenated alkanes) is 2. The number of H-pyrrole nitrogens is 1. The molecule has 0 amide bonds. The number of hydrogen-bond donors (Lipinski definition) is 2. The minimum Gasteiger partial charge on any atom is -0.483 e. The molecule has 2 heterocycles. The van der Waals surface area contributed by atoms with Gasteiger partial charge in [-0.3, -0.25) is 10.5 Å². The van der Waals surface area contributed by atoms with Gasteiger partial charge in [0.2, 0.25) is 5.82 Å². The van der Waals surface area contributed by atoms with Gasteiger partial charge in [-0.1, -0.05) is 19.4 Å². The van der Waals surface area contributed by atoms with Gasteiger partial charge in [-0.2, -0.15) is 5.21 Å². The largest absolute Gasteiger partial charge is 0.483 e. The smallest absolute Gasteiger partial charge is 0.257 e. The second-order valence-electron chi connectivity index (χ2n) is 7.13. The van der Waals surface area contributed by atoms with Crippen LogP contribution in [0.2, 0.25) is 0 Å². The first-order valence-electron chi connectivity index (χ1n) is 10.0. The monoisotopic (exact) mass is 421 g/mol. The van der Waals surface area contributed by atoms with E-state index >= 15 is 0 Å². The van der Waals surface area contributed by atoms with Crippen LogP contribution in [0.15, 0.2) is 54.8 Å². The molecule has 31 heavy (non-hydrogen) atoms. The molecule has 9 heteroatoms. The number of ketones is 1. The highest BCUT2D eigenvalue weighted by Crippen LogP contribution is 2.40. The maximum Gasteiger partial charge on any atom is 0.257 e. The fourth-order valence-electron chi connectivity index (χ4n) is 3.12. The lowest BCUT2D eigenvalue weighted by molar-refractivity contribution is -0.0154. The zero-order chi connectivity index (χ0) is 21.7. The first-order chi connectivity index (χ1) is 15.1. The lowest BCUT2D eigenvalue weighted by atomic mass is 10.0. The van der Waals surface area contributed by atoms with Gasteiger partial charge in [0, 0.05) is 5.56 Å². The number of aromatic nitrogens is 4. The minimum atomic E-state index is -1.46. The molecule has 1 atom stereocenters. The van der Waals surface area contributed by atoms with Crippen LogP contribution in [0.4, 0.5) is 0 Å². The van der Waals surface area contributed by atoms with E-state index in [0.29, 0.717) is 22.6 Å². The quantitative estimate of drug-likeness (QED) is 0.323. The molecule has 9 nitrogen and oxygen atoms in total. The van der Waals surface area contributed by atoms with E-state index in [2.05, 4.69) is 27.5 Å². The van der Waals surface area contributed by atoms with Crippen LogP contribution in [-0.2, 0) is 5.72 Å². The second-order valence-corrected chi connectivity index (χ2v) is 7.13. The molecule has 3 N–H and O–H groups in total. The summed E-state index contributed by atoms with van der Waals surface area (Å²) in [5.74, 6) is 1.21. The Bertz CT molecular complexity index is 1070. The van der Waals surface area contributed by atoms with Crippen molar-refractivity contribution in [3.8, 4) is 17.2 Å². The highest BCUT2D eigenvalue weighted by atomic mass is 16.6. The summed E-state index contributed by atoms with van der Waals surface area (Å²) in [4.78, 5) is 13.2. The van der Waals surface area contributed by atoms with Crippen LogP contribution in [0.1, 0.15) is 47.9 Å². The lowest BCUT2D eigenvalue weighted by Gasteiger charge is -2.33. The molecular formula is C22H23N5O4. The SMILES string of the molecule is CCCC/C=C/Oc1ccc(C(=O)c2cccc3c2OC(N)(c2nn[nH]n2)CO3)cc1. The third-order valence-corrected chi connectivity index (χ3v) is 4.81. The molecule has 0 bridgehead atoms. The average molecular weight is 421 g/mol. The van der Waals surface area contributed by atoms with Crippen molar-refractivity contribution in [3.63, 3.8) is 0 Å². The topological polar surface area (TPSA) is 125 Å². The third kappa shape index (κ3) is 4.41. The summed E-state index contributed by atoms with van der Waals surface area (Å²) in [5, 5.41) is 13.6. The van der Waals surface area contributed by atoms with Gasteiger partial charge in [0.1, 0.15) is 12.4 Å². The number of nitrogens with zero attached hydrogens (tertiary/aromatic N) is 3. The normalized spacial score (nSPS) is 17.6. The van der Waals surface area contributed by atoms with E-state index < -0.39 is 5.72 Å². The Morgan fingerprint density at radius 3 is 2.87 bits per heavy atom. The van der Waals surface area contributed by atoms with E-state index in [-0.39, 0.29) is 24.0 Å². The number of aromatic amines is 1. The number of allylic oxidation sites excluding steroid dienone is 1. The second kappa shape index (κ2) is 8.97. The number of rotatable bonds is 8. The standard InChI is InChI=1S/C22H23N5O4/c1-2-3-4-5-13-29-16-11-9-15(10-12-16)19(28)17-7-6-8-18-20(17)31-22(23,14-30-18)21-24-26-27-25-21/h5-13H,2-4,14,23H2,1H3,(H,24,25,26,27)/b13-5+. The van der Waals surface area contributed by atoms with Crippen LogP contribution in [0.5, 0.6) is 17.2 Å². The third-order valence-electron chi connectivity index (χ3n) is 4.81. The summed E-state index contributed by atoms with van der Waals surface area (Å²) in [7, 11) is 0. The minimum absolute atomic E-state index is 0.0189. The van der Waals surface area contributed by atoms with E-state index in [1.165, 1.54) is 0 Å². The number of benzene rings is 2. The maximum absolute atomic E-state index is 13.2. The van der Waals surface area contributed by atoms with Gasteiger partial charge in [0.15, 0.2) is 17.3 Å². The Kier molecular flexibility index (Phi) is 5.94. The highest BCUT2D eigenvalue weighted by molar-refractivity contribution is 6.11. The van der Waals surface area contributed by atoms with Gasteiger partial charge in [0.05, 0.1) is 11.8 Å². The Balaban J connectivity index is 1.53. The predicted molar refractivity (Wildman–Crippen MR) is 112 cm³/mol. The Labute approximate surface area is 179 Å². The molecule has 0 spiro atoms. The maximum atomic E-state index is 13.2. The summed E-state index contributed by atoms with van der Waals surface area (Å²) in [6.07, 6.45) is 6.89. The molecule has 1 unspecified atom stereocenters. The fraction of sp³-hybridized carbons (Fsp3) is 0.273. The number of nitrogens with one attached hydrogen (secondary N) is 1. The fourth-order valence-corrected chi connectivity index (χ4v) is 3.12. The average Bonchev–Trinajstić information content (AvgIpc) is 3.35. The van der Waals surface area contributed by atoms with Crippen molar-refractivity contribution >= 4 is 5.78 Å². The van der Waals surface area contributed by atoms with Crippen molar-refractivity contribution in [1.29, 1.82) is 0 Å². The molecule has 1 aliphatic heterocycles. The molecule has 1 aliphatic rings. The number of fused-ring (bicyclic) bond motifs is 1. The number of ether oxygens (including phenoxy) is 3. The number of para-hydroxylation sites is 1. The van der Waals surface area contributed by atoms with Crippen molar-refractivity contribution < 1.29 is 19.0 Å². The zero-order valence-electron chi connectivity index (χ0n) is 17.1. The Hall–Kier alpha value is -3.72. The molecule has 3 aromatic rings. The molecule has 0 aliphatic carbocycles. The van der Waals surface area contributed by atoms with Gasteiger partial charge < -0.3 is 14.2 Å². The number of hydrogen-bond acceptors (Lipinski definition) is 8. The molecule has 1 aromatic heterocycles. The van der Waals surface area contributed by atoms with Crippen LogP contribution in [0, 0.1) is 0 Å². The van der Waals surface area contributed by atoms with Gasteiger partial charge in [-0.15, -0.1) is 10.2 Å². The van der Waals surface area contributed by atoms with E-state index in [4.69, 9.17) is 19.9 Å². The molecule has 0 saturated carbocycles. The Morgan fingerprint density at radius 2 is 2.13 bits per heavy atom. The van der Waals surface area contributed by atoms with Crippen LogP contribution in [-0.4, -0.2) is 33.0 Å². The number of carbonyl (C=O) groups is 1. The van der Waals surface area contributed by atoms with Crippen molar-refractivity contribution in [1.82, 2.24) is 20.6 Å². The summed E-state index contributed by atoms with van der Waals surface area (Å²) >= 11 is 0. The molecule has 2 aromatic carbocycles. The van der Waals surface area contributed by atoms with Gasteiger partial charge >= 0.3 is 0 Å². The van der Waals surface area contributed by atoms with Crippen molar-refractivity contribution in [3.05, 3.63) is 71.8 Å².